The van der Waals surface area contributed by atoms with Crippen LogP contribution in [0.2, 0.25) is 0 Å². The maximum atomic E-state index is 11.1. The summed E-state index contributed by atoms with van der Waals surface area (Å²) >= 11 is 0. The van der Waals surface area contributed by atoms with Gasteiger partial charge in [-0.25, -0.2) is 0 Å². The number of H-pyrrole nitrogens is 1. The Bertz CT molecular complexity index is 332. The highest BCUT2D eigenvalue weighted by Gasteiger charge is 2.14. The van der Waals surface area contributed by atoms with Crippen molar-refractivity contribution in [3.8, 4) is 0 Å². The second-order valence-corrected chi connectivity index (χ2v) is 2.36. The van der Waals surface area contributed by atoms with Crippen molar-refractivity contribution in [1.82, 2.24) is 10.2 Å². The average molecular weight is 184 g/mol. The number of nitro groups is 1. The third-order valence-corrected chi connectivity index (χ3v) is 1.42. The summed E-state index contributed by atoms with van der Waals surface area (Å²) < 4.78 is 0. The van der Waals surface area contributed by atoms with E-state index in [4.69, 9.17) is 5.73 Å². The highest BCUT2D eigenvalue weighted by Crippen LogP contribution is 2.09. The molecule has 0 aliphatic carbocycles. The predicted molar refractivity (Wildman–Crippen MR) is 43.2 cm³/mol. The number of aromatic amines is 1. The van der Waals surface area contributed by atoms with Crippen LogP contribution in [0.4, 0.5) is 5.82 Å². The molecule has 0 saturated carbocycles. The molecule has 1 aromatic heterocycles. The van der Waals surface area contributed by atoms with Gasteiger partial charge in [-0.05, 0) is 11.5 Å². The van der Waals surface area contributed by atoms with Crippen molar-refractivity contribution in [2.24, 2.45) is 5.73 Å². The number of aromatic nitrogens is 2. The molecule has 13 heavy (non-hydrogen) atoms. The van der Waals surface area contributed by atoms with Crippen LogP contribution in [-0.2, 0) is 0 Å². The Morgan fingerprint density at radius 3 is 2.92 bits per heavy atom. The minimum atomic E-state index is -0.647. The van der Waals surface area contributed by atoms with Crippen molar-refractivity contribution >= 4 is 11.6 Å². The van der Waals surface area contributed by atoms with Crippen molar-refractivity contribution in [2.45, 2.75) is 6.42 Å². The van der Waals surface area contributed by atoms with E-state index < -0.39 is 4.92 Å². The van der Waals surface area contributed by atoms with Crippen LogP contribution in [-0.4, -0.2) is 27.4 Å². The number of hydrogen-bond acceptors (Lipinski definition) is 5. The minimum Gasteiger partial charge on any atom is -0.358 e. The number of hydrogen-bond donors (Lipinski definition) is 2. The highest BCUT2D eigenvalue weighted by molar-refractivity contribution is 5.94. The van der Waals surface area contributed by atoms with E-state index in [9.17, 15) is 14.9 Å². The van der Waals surface area contributed by atoms with E-state index in [2.05, 4.69) is 10.2 Å². The summed E-state index contributed by atoms with van der Waals surface area (Å²) in [6.07, 6.45) is 0.141. The maximum Gasteiger partial charge on any atom is 0.343 e. The number of nitrogens with one attached hydrogen (secondary N) is 1. The molecule has 0 spiro atoms. The summed E-state index contributed by atoms with van der Waals surface area (Å²) in [4.78, 5) is 20.6. The molecule has 0 unspecified atom stereocenters. The quantitative estimate of drug-likeness (QED) is 0.383. The van der Waals surface area contributed by atoms with Crippen molar-refractivity contribution in [3.05, 3.63) is 21.9 Å². The molecule has 0 bridgehead atoms. The first-order valence-corrected chi connectivity index (χ1v) is 3.58. The van der Waals surface area contributed by atoms with Gasteiger partial charge in [-0.3, -0.25) is 4.79 Å². The minimum absolute atomic E-state index is 0.0529. The predicted octanol–water partition coefficient (Wildman–Crippen LogP) is -0.151. The van der Waals surface area contributed by atoms with Crippen LogP contribution in [0.3, 0.4) is 0 Å². The highest BCUT2D eigenvalue weighted by atomic mass is 16.6. The monoisotopic (exact) mass is 184 g/mol. The van der Waals surface area contributed by atoms with Crippen molar-refractivity contribution in [2.75, 3.05) is 6.54 Å². The molecule has 0 aromatic carbocycles. The number of carbonyl (C=O) groups is 1. The van der Waals surface area contributed by atoms with E-state index in [1.165, 1.54) is 0 Å². The Hall–Kier alpha value is -1.76. The number of ketones is 1. The lowest BCUT2D eigenvalue weighted by Gasteiger charge is -1.88. The Morgan fingerprint density at radius 1 is 1.77 bits per heavy atom. The number of nitrogens with zero attached hydrogens (tertiary/aromatic N) is 2. The number of Topliss-reactive ketones (excluding diaryl/α,β-unsaturated/α-hetero) is 1. The lowest BCUT2D eigenvalue weighted by molar-refractivity contribution is -0.389. The second-order valence-electron chi connectivity index (χ2n) is 2.36. The van der Waals surface area contributed by atoms with E-state index >= 15 is 0 Å². The number of carbonyl (C=O) groups excluding carboxylic acids is 1. The van der Waals surface area contributed by atoms with Gasteiger partial charge >= 0.3 is 5.82 Å². The molecule has 0 atom stereocenters. The van der Waals surface area contributed by atoms with Crippen LogP contribution < -0.4 is 5.73 Å². The summed E-state index contributed by atoms with van der Waals surface area (Å²) in [7, 11) is 0. The fraction of sp³-hybridized carbons (Fsp3) is 0.333. The molecular weight excluding hydrogens is 176 g/mol. The van der Waals surface area contributed by atoms with Gasteiger partial charge in [-0.15, -0.1) is 5.10 Å². The normalized spacial score (nSPS) is 9.92. The van der Waals surface area contributed by atoms with E-state index in [-0.39, 0.29) is 30.3 Å². The third kappa shape index (κ3) is 2.09. The van der Waals surface area contributed by atoms with Crippen LogP contribution in [0, 0.1) is 10.1 Å². The fourth-order valence-electron chi connectivity index (χ4n) is 0.807. The molecule has 0 fully saturated rings. The van der Waals surface area contributed by atoms with Gasteiger partial charge in [-0.2, -0.15) is 0 Å². The van der Waals surface area contributed by atoms with Gasteiger partial charge in [0.1, 0.15) is 0 Å². The van der Waals surface area contributed by atoms with Crippen molar-refractivity contribution < 1.29 is 9.72 Å². The second kappa shape index (κ2) is 3.76. The smallest absolute Gasteiger partial charge is 0.343 e. The molecular formula is C6H8N4O3. The zero-order chi connectivity index (χ0) is 9.84. The standard InChI is InChI=1S/C6H8N4O3/c7-2-1-5(11)4-3-6(9-8-4)10(12)13/h3H,1-2,7H2,(H,8,9). The lowest BCUT2D eigenvalue weighted by atomic mass is 10.2. The van der Waals surface area contributed by atoms with Crippen molar-refractivity contribution in [1.29, 1.82) is 0 Å². The zero-order valence-corrected chi connectivity index (χ0v) is 6.69. The van der Waals surface area contributed by atoms with Gasteiger partial charge in [0.2, 0.25) is 0 Å². The largest absolute Gasteiger partial charge is 0.358 e. The van der Waals surface area contributed by atoms with Gasteiger partial charge in [0, 0.05) is 6.42 Å². The first-order chi connectivity index (χ1) is 6.15. The van der Waals surface area contributed by atoms with Crippen LogP contribution >= 0.6 is 0 Å². The van der Waals surface area contributed by atoms with Crippen LogP contribution in [0.15, 0.2) is 6.07 Å². The van der Waals surface area contributed by atoms with Gasteiger partial charge in [0.05, 0.1) is 6.07 Å². The van der Waals surface area contributed by atoms with E-state index in [1.54, 1.807) is 0 Å². The molecule has 3 N–H and O–H groups in total. The first kappa shape index (κ1) is 9.33. The third-order valence-electron chi connectivity index (χ3n) is 1.42. The molecule has 0 aliphatic rings. The topological polar surface area (TPSA) is 115 Å². The van der Waals surface area contributed by atoms with Gasteiger partial charge in [-0.1, -0.05) is 5.10 Å². The molecule has 1 rings (SSSR count). The summed E-state index contributed by atoms with van der Waals surface area (Å²) in [6.45, 7) is 0.208. The maximum absolute atomic E-state index is 11.1. The summed E-state index contributed by atoms with van der Waals surface area (Å²) in [6, 6.07) is 1.10. The molecule has 7 nitrogen and oxygen atoms in total. The SMILES string of the molecule is NCCC(=O)c1cc([N+](=O)[O-])[nH]n1. The summed E-state index contributed by atoms with van der Waals surface area (Å²) in [5.41, 5.74) is 5.19. The molecule has 0 amide bonds. The fourth-order valence-corrected chi connectivity index (χ4v) is 0.807. The zero-order valence-electron chi connectivity index (χ0n) is 6.69. The molecule has 7 heteroatoms. The van der Waals surface area contributed by atoms with Crippen LogP contribution in [0.1, 0.15) is 16.9 Å². The van der Waals surface area contributed by atoms with Crippen molar-refractivity contribution in [3.63, 3.8) is 0 Å². The van der Waals surface area contributed by atoms with E-state index in [1.807, 2.05) is 0 Å². The summed E-state index contributed by atoms with van der Waals surface area (Å²) in [5, 5.41) is 15.8. The first-order valence-electron chi connectivity index (χ1n) is 3.58. The van der Waals surface area contributed by atoms with Crippen LogP contribution in [0.25, 0.3) is 0 Å². The van der Waals surface area contributed by atoms with Gasteiger partial charge in [0.25, 0.3) is 0 Å². The molecule has 70 valence electrons. The van der Waals surface area contributed by atoms with E-state index in [0.717, 1.165) is 6.07 Å². The Morgan fingerprint density at radius 2 is 2.46 bits per heavy atom. The number of nitrogens with two attached hydrogens (primary N) is 1. The van der Waals surface area contributed by atoms with Gasteiger partial charge in [0.15, 0.2) is 11.5 Å². The molecule has 0 aliphatic heterocycles. The van der Waals surface area contributed by atoms with Gasteiger partial charge < -0.3 is 15.8 Å². The average Bonchev–Trinajstić information content (AvgIpc) is 2.52. The van der Waals surface area contributed by atoms with E-state index in [0.29, 0.717) is 0 Å². The molecule has 0 radical (unpaired) electrons. The Kier molecular flexibility index (Phi) is 2.70. The molecule has 0 saturated heterocycles. The summed E-state index contributed by atoms with van der Waals surface area (Å²) in [5.74, 6) is -0.591. The molecule has 1 heterocycles. The molecule has 1 aromatic rings. The van der Waals surface area contributed by atoms with Crippen LogP contribution in [0.5, 0.6) is 0 Å². The Balaban J connectivity index is 2.79. The number of rotatable bonds is 4. The lowest BCUT2D eigenvalue weighted by Crippen LogP contribution is -2.08. The Labute approximate surface area is 73.1 Å².